The Bertz CT molecular complexity index is 764. The summed E-state index contributed by atoms with van der Waals surface area (Å²) in [5, 5.41) is 0. The van der Waals surface area contributed by atoms with Crippen molar-refractivity contribution in [3.63, 3.8) is 0 Å². The molecular weight excluding hydrogens is 276 g/mol. The highest BCUT2D eigenvalue weighted by molar-refractivity contribution is 5.58. The summed E-state index contributed by atoms with van der Waals surface area (Å²) in [7, 11) is 0. The molecule has 1 aromatic heterocycles. The lowest BCUT2D eigenvalue weighted by Gasteiger charge is -2.38. The molecule has 0 N–H and O–H groups in total. The third-order valence-corrected chi connectivity index (χ3v) is 4.64. The van der Waals surface area contributed by atoms with E-state index in [9.17, 15) is 4.79 Å². The van der Waals surface area contributed by atoms with E-state index in [0.717, 1.165) is 29.6 Å². The zero-order chi connectivity index (χ0) is 15.3. The fourth-order valence-electron chi connectivity index (χ4n) is 3.02. The predicted molar refractivity (Wildman–Crippen MR) is 86.3 cm³/mol. The van der Waals surface area contributed by atoms with Gasteiger partial charge < -0.3 is 0 Å². The smallest absolute Gasteiger partial charge is 0.259 e. The third-order valence-electron chi connectivity index (χ3n) is 4.64. The molecule has 1 fully saturated rings. The summed E-state index contributed by atoms with van der Waals surface area (Å²) in [6.07, 6.45) is 2.45. The summed E-state index contributed by atoms with van der Waals surface area (Å²) in [5.74, 6) is 0.760. The highest BCUT2D eigenvalue weighted by Gasteiger charge is 2.35. The predicted octanol–water partition coefficient (Wildman–Crippen LogP) is 2.39. The van der Waals surface area contributed by atoms with E-state index in [4.69, 9.17) is 4.98 Å². The summed E-state index contributed by atoms with van der Waals surface area (Å²) in [4.78, 5) is 21.9. The summed E-state index contributed by atoms with van der Waals surface area (Å²) < 4.78 is 1.82. The van der Waals surface area contributed by atoms with Gasteiger partial charge in [-0.15, -0.1) is 0 Å². The Morgan fingerprint density at radius 2 is 1.82 bits per heavy atom. The van der Waals surface area contributed by atoms with E-state index in [0.29, 0.717) is 12.7 Å². The number of fused-ring (bicyclic) bond motifs is 1. The van der Waals surface area contributed by atoms with E-state index in [1.807, 2.05) is 36.6 Å². The Labute approximate surface area is 129 Å². The van der Waals surface area contributed by atoms with Crippen molar-refractivity contribution in [2.75, 3.05) is 11.6 Å². The molecule has 1 saturated carbocycles. The molecule has 1 aromatic carbocycles. The van der Waals surface area contributed by atoms with Gasteiger partial charge in [0.2, 0.25) is 5.95 Å². The van der Waals surface area contributed by atoms with E-state index in [1.165, 1.54) is 12.8 Å². The summed E-state index contributed by atoms with van der Waals surface area (Å²) in [5.41, 5.74) is 2.72. The number of nitrogens with zero attached hydrogens (tertiary/aromatic N) is 4. The van der Waals surface area contributed by atoms with Gasteiger partial charge in [0.05, 0.1) is 13.3 Å². The standard InChI is InChI=1S/C17H20N4O/c1-12-13(2)18-17-20(15-6-4-3-5-7-15)10-19(14-8-9-14)11-21(17)16(12)22/h3-7,14H,8-11H2,1-2H3. The van der Waals surface area contributed by atoms with Gasteiger partial charge in [0.25, 0.3) is 5.56 Å². The minimum Gasteiger partial charge on any atom is -0.298 e. The van der Waals surface area contributed by atoms with Gasteiger partial charge in [-0.05, 0) is 38.8 Å². The van der Waals surface area contributed by atoms with Crippen LogP contribution >= 0.6 is 0 Å². The van der Waals surface area contributed by atoms with Crippen molar-refractivity contribution < 1.29 is 0 Å². The fourth-order valence-corrected chi connectivity index (χ4v) is 3.02. The molecule has 22 heavy (non-hydrogen) atoms. The number of para-hydroxylation sites is 1. The second-order valence-electron chi connectivity index (χ2n) is 6.22. The van der Waals surface area contributed by atoms with Crippen LogP contribution in [0.15, 0.2) is 35.1 Å². The molecule has 0 saturated heterocycles. The monoisotopic (exact) mass is 296 g/mol. The van der Waals surface area contributed by atoms with Gasteiger partial charge in [0, 0.05) is 23.0 Å². The van der Waals surface area contributed by atoms with Crippen LogP contribution in [0.4, 0.5) is 11.6 Å². The SMILES string of the molecule is Cc1nc2n(c(=O)c1C)CN(C1CC1)CN2c1ccccc1. The highest BCUT2D eigenvalue weighted by atomic mass is 16.1. The molecule has 2 aliphatic rings. The minimum absolute atomic E-state index is 0.0776. The molecule has 5 nitrogen and oxygen atoms in total. The zero-order valence-electron chi connectivity index (χ0n) is 13.0. The first-order valence-corrected chi connectivity index (χ1v) is 7.80. The number of aryl methyl sites for hydroxylation is 1. The lowest BCUT2D eigenvalue weighted by Crippen LogP contribution is -2.48. The van der Waals surface area contributed by atoms with Crippen molar-refractivity contribution in [2.24, 2.45) is 0 Å². The number of hydrogen-bond acceptors (Lipinski definition) is 4. The lowest BCUT2D eigenvalue weighted by atomic mass is 10.2. The maximum absolute atomic E-state index is 12.7. The Morgan fingerprint density at radius 1 is 1.09 bits per heavy atom. The Hall–Kier alpha value is -2.14. The molecule has 2 aromatic rings. The quantitative estimate of drug-likeness (QED) is 0.853. The molecule has 1 aliphatic heterocycles. The van der Waals surface area contributed by atoms with Crippen LogP contribution in [0.5, 0.6) is 0 Å². The second kappa shape index (κ2) is 4.95. The first-order chi connectivity index (χ1) is 10.6. The van der Waals surface area contributed by atoms with Gasteiger partial charge in [-0.1, -0.05) is 18.2 Å². The summed E-state index contributed by atoms with van der Waals surface area (Å²) in [6.45, 7) is 5.22. The fraction of sp³-hybridized carbons (Fsp3) is 0.412. The molecule has 0 bridgehead atoms. The van der Waals surface area contributed by atoms with Gasteiger partial charge in [-0.25, -0.2) is 4.98 Å². The molecule has 1 aliphatic carbocycles. The first-order valence-electron chi connectivity index (χ1n) is 7.80. The summed E-state index contributed by atoms with van der Waals surface area (Å²) in [6, 6.07) is 10.8. The molecular formula is C17H20N4O. The second-order valence-corrected chi connectivity index (χ2v) is 6.22. The number of hydrogen-bond donors (Lipinski definition) is 0. The molecule has 2 heterocycles. The van der Waals surface area contributed by atoms with Crippen molar-refractivity contribution in [2.45, 2.75) is 39.4 Å². The molecule has 0 spiro atoms. The molecule has 4 rings (SSSR count). The van der Waals surface area contributed by atoms with Crippen LogP contribution in [-0.2, 0) is 6.67 Å². The first kappa shape index (κ1) is 13.5. The Morgan fingerprint density at radius 3 is 2.50 bits per heavy atom. The van der Waals surface area contributed by atoms with Crippen LogP contribution in [0.25, 0.3) is 0 Å². The molecule has 0 unspecified atom stereocenters. The van der Waals surface area contributed by atoms with Crippen molar-refractivity contribution >= 4 is 11.6 Å². The summed E-state index contributed by atoms with van der Waals surface area (Å²) >= 11 is 0. The lowest BCUT2D eigenvalue weighted by molar-refractivity contribution is 0.188. The average Bonchev–Trinajstić information content (AvgIpc) is 3.38. The Kier molecular flexibility index (Phi) is 3.04. The number of benzene rings is 1. The van der Waals surface area contributed by atoms with E-state index >= 15 is 0 Å². The van der Waals surface area contributed by atoms with Crippen molar-refractivity contribution in [1.82, 2.24) is 14.5 Å². The van der Waals surface area contributed by atoms with E-state index < -0.39 is 0 Å². The van der Waals surface area contributed by atoms with Crippen molar-refractivity contribution in [3.05, 3.63) is 51.9 Å². The topological polar surface area (TPSA) is 41.4 Å². The van der Waals surface area contributed by atoms with Crippen LogP contribution in [0, 0.1) is 13.8 Å². The van der Waals surface area contributed by atoms with E-state index in [1.54, 1.807) is 0 Å². The van der Waals surface area contributed by atoms with Crippen LogP contribution in [0.1, 0.15) is 24.1 Å². The number of anilines is 2. The van der Waals surface area contributed by atoms with Gasteiger partial charge >= 0.3 is 0 Å². The van der Waals surface area contributed by atoms with Gasteiger partial charge in [-0.3, -0.25) is 19.2 Å². The third kappa shape index (κ3) is 2.13. The van der Waals surface area contributed by atoms with Gasteiger partial charge in [0.1, 0.15) is 0 Å². The van der Waals surface area contributed by atoms with E-state index in [-0.39, 0.29) is 5.56 Å². The van der Waals surface area contributed by atoms with Crippen molar-refractivity contribution in [3.8, 4) is 0 Å². The largest absolute Gasteiger partial charge is 0.298 e. The average molecular weight is 296 g/mol. The van der Waals surface area contributed by atoms with Crippen LogP contribution in [0.2, 0.25) is 0 Å². The highest BCUT2D eigenvalue weighted by Crippen LogP contribution is 2.33. The maximum Gasteiger partial charge on any atom is 0.259 e. The van der Waals surface area contributed by atoms with Crippen LogP contribution in [0.3, 0.4) is 0 Å². The number of aromatic nitrogens is 2. The molecule has 5 heteroatoms. The molecule has 0 radical (unpaired) electrons. The normalized spacial score (nSPS) is 18.4. The minimum atomic E-state index is 0.0776. The van der Waals surface area contributed by atoms with Crippen LogP contribution < -0.4 is 10.5 Å². The zero-order valence-corrected chi connectivity index (χ0v) is 13.0. The maximum atomic E-state index is 12.7. The molecule has 0 atom stereocenters. The van der Waals surface area contributed by atoms with E-state index in [2.05, 4.69) is 21.9 Å². The number of rotatable bonds is 2. The van der Waals surface area contributed by atoms with Crippen molar-refractivity contribution in [1.29, 1.82) is 0 Å². The van der Waals surface area contributed by atoms with Gasteiger partial charge in [-0.2, -0.15) is 0 Å². The Balaban J connectivity index is 1.87. The van der Waals surface area contributed by atoms with Crippen LogP contribution in [-0.4, -0.2) is 27.2 Å². The molecule has 114 valence electrons. The van der Waals surface area contributed by atoms with Gasteiger partial charge in [0.15, 0.2) is 0 Å². The molecule has 0 amide bonds.